The monoisotopic (exact) mass is 339 g/mol. The SMILES string of the molecule is COc1ccc(CC(=O)N(Cc2ccc3c(c2)OCO3)C2CC2)cc1. The lowest BCUT2D eigenvalue weighted by Crippen LogP contribution is -2.33. The van der Waals surface area contributed by atoms with Gasteiger partial charge in [0.25, 0.3) is 0 Å². The predicted octanol–water partition coefficient (Wildman–Crippen LogP) is 3.16. The van der Waals surface area contributed by atoms with Crippen molar-refractivity contribution in [1.29, 1.82) is 0 Å². The van der Waals surface area contributed by atoms with Crippen LogP contribution in [-0.2, 0) is 17.8 Å². The number of rotatable bonds is 6. The number of methoxy groups -OCH3 is 1. The third-order valence-electron chi connectivity index (χ3n) is 4.61. The summed E-state index contributed by atoms with van der Waals surface area (Å²) in [5.74, 6) is 2.49. The van der Waals surface area contributed by atoms with Crippen molar-refractivity contribution in [2.24, 2.45) is 0 Å². The van der Waals surface area contributed by atoms with Gasteiger partial charge >= 0.3 is 0 Å². The van der Waals surface area contributed by atoms with Gasteiger partial charge in [-0.05, 0) is 48.2 Å². The molecule has 0 atom stereocenters. The highest BCUT2D eigenvalue weighted by atomic mass is 16.7. The van der Waals surface area contributed by atoms with Crippen molar-refractivity contribution in [3.8, 4) is 17.2 Å². The van der Waals surface area contributed by atoms with Gasteiger partial charge in [0.05, 0.1) is 13.5 Å². The number of carbonyl (C=O) groups is 1. The molecule has 25 heavy (non-hydrogen) atoms. The Morgan fingerprint density at radius 3 is 2.52 bits per heavy atom. The van der Waals surface area contributed by atoms with Crippen LogP contribution in [0.15, 0.2) is 42.5 Å². The molecular weight excluding hydrogens is 318 g/mol. The Morgan fingerprint density at radius 1 is 1.08 bits per heavy atom. The Bertz CT molecular complexity index is 768. The van der Waals surface area contributed by atoms with Crippen LogP contribution in [0.2, 0.25) is 0 Å². The van der Waals surface area contributed by atoms with Crippen LogP contribution in [0.1, 0.15) is 24.0 Å². The first kappa shape index (κ1) is 15.8. The second-order valence-corrected chi connectivity index (χ2v) is 6.47. The van der Waals surface area contributed by atoms with E-state index in [9.17, 15) is 4.79 Å². The van der Waals surface area contributed by atoms with Crippen LogP contribution in [0.3, 0.4) is 0 Å². The average molecular weight is 339 g/mol. The molecule has 5 nitrogen and oxygen atoms in total. The molecule has 0 radical (unpaired) electrons. The molecule has 1 aliphatic carbocycles. The van der Waals surface area contributed by atoms with Crippen molar-refractivity contribution < 1.29 is 19.0 Å². The molecule has 1 amide bonds. The van der Waals surface area contributed by atoms with E-state index in [0.717, 1.165) is 41.2 Å². The lowest BCUT2D eigenvalue weighted by molar-refractivity contribution is -0.131. The topological polar surface area (TPSA) is 48.0 Å². The number of nitrogens with zero attached hydrogens (tertiary/aromatic N) is 1. The summed E-state index contributed by atoms with van der Waals surface area (Å²) in [4.78, 5) is 14.8. The molecule has 1 saturated carbocycles. The number of ether oxygens (including phenoxy) is 3. The van der Waals surface area contributed by atoms with E-state index in [1.54, 1.807) is 7.11 Å². The molecule has 1 fully saturated rings. The third kappa shape index (κ3) is 3.55. The molecule has 1 heterocycles. The second-order valence-electron chi connectivity index (χ2n) is 6.47. The maximum absolute atomic E-state index is 12.8. The van der Waals surface area contributed by atoms with E-state index in [0.29, 0.717) is 19.0 Å². The van der Waals surface area contributed by atoms with Gasteiger partial charge in [0.1, 0.15) is 5.75 Å². The number of carbonyl (C=O) groups excluding carboxylic acids is 1. The number of amides is 1. The van der Waals surface area contributed by atoms with Crippen molar-refractivity contribution in [3.05, 3.63) is 53.6 Å². The van der Waals surface area contributed by atoms with Gasteiger partial charge in [0.2, 0.25) is 12.7 Å². The van der Waals surface area contributed by atoms with Gasteiger partial charge in [-0.1, -0.05) is 18.2 Å². The molecule has 5 heteroatoms. The van der Waals surface area contributed by atoms with E-state index in [4.69, 9.17) is 14.2 Å². The van der Waals surface area contributed by atoms with Crippen molar-refractivity contribution in [1.82, 2.24) is 4.90 Å². The Kier molecular flexibility index (Phi) is 4.22. The smallest absolute Gasteiger partial charge is 0.231 e. The number of benzene rings is 2. The molecule has 0 N–H and O–H groups in total. The number of hydrogen-bond acceptors (Lipinski definition) is 4. The minimum absolute atomic E-state index is 0.158. The zero-order valence-electron chi connectivity index (χ0n) is 14.2. The normalized spacial score (nSPS) is 15.1. The van der Waals surface area contributed by atoms with Crippen molar-refractivity contribution in [3.63, 3.8) is 0 Å². The molecule has 0 aromatic heterocycles. The Labute approximate surface area is 147 Å². The average Bonchev–Trinajstić information content (AvgIpc) is 3.37. The summed E-state index contributed by atoms with van der Waals surface area (Å²) >= 11 is 0. The standard InChI is InChI=1S/C20H21NO4/c1-23-17-7-2-14(3-8-17)11-20(22)21(16-5-6-16)12-15-4-9-18-19(10-15)25-13-24-18/h2-4,7-10,16H,5-6,11-13H2,1H3. The summed E-state index contributed by atoms with van der Waals surface area (Å²) in [5, 5.41) is 0. The van der Waals surface area contributed by atoms with Crippen LogP contribution < -0.4 is 14.2 Å². The first-order chi connectivity index (χ1) is 12.2. The Hall–Kier alpha value is -2.69. The zero-order chi connectivity index (χ0) is 17.2. The number of fused-ring (bicyclic) bond motifs is 1. The molecule has 0 bridgehead atoms. The van der Waals surface area contributed by atoms with Gasteiger partial charge < -0.3 is 19.1 Å². The van der Waals surface area contributed by atoms with Crippen LogP contribution in [-0.4, -0.2) is 30.8 Å². The summed E-state index contributed by atoms with van der Waals surface area (Å²) in [6.07, 6.45) is 2.57. The molecule has 0 unspecified atom stereocenters. The second kappa shape index (κ2) is 6.67. The van der Waals surface area contributed by atoms with E-state index >= 15 is 0 Å². The molecule has 1 aliphatic heterocycles. The van der Waals surface area contributed by atoms with Crippen molar-refractivity contribution in [2.45, 2.75) is 31.8 Å². The van der Waals surface area contributed by atoms with E-state index in [1.807, 2.05) is 47.4 Å². The molecule has 2 aromatic rings. The maximum atomic E-state index is 12.8. The third-order valence-corrected chi connectivity index (χ3v) is 4.61. The van der Waals surface area contributed by atoms with Crippen molar-refractivity contribution >= 4 is 5.91 Å². The van der Waals surface area contributed by atoms with Gasteiger partial charge in [-0.25, -0.2) is 0 Å². The fraction of sp³-hybridized carbons (Fsp3) is 0.350. The van der Waals surface area contributed by atoms with E-state index in [-0.39, 0.29) is 12.7 Å². The molecule has 0 spiro atoms. The predicted molar refractivity (Wildman–Crippen MR) is 92.8 cm³/mol. The summed E-state index contributed by atoms with van der Waals surface area (Å²) in [6.45, 7) is 0.873. The molecule has 2 aromatic carbocycles. The Balaban J connectivity index is 1.46. The van der Waals surface area contributed by atoms with Gasteiger partial charge in [0, 0.05) is 12.6 Å². The zero-order valence-corrected chi connectivity index (χ0v) is 14.2. The van der Waals surface area contributed by atoms with Crippen LogP contribution >= 0.6 is 0 Å². The highest BCUT2D eigenvalue weighted by Gasteiger charge is 2.32. The fourth-order valence-electron chi connectivity index (χ4n) is 3.06. The lowest BCUT2D eigenvalue weighted by Gasteiger charge is -2.23. The van der Waals surface area contributed by atoms with Crippen LogP contribution in [0.4, 0.5) is 0 Å². The Morgan fingerprint density at radius 2 is 1.80 bits per heavy atom. The first-order valence-corrected chi connectivity index (χ1v) is 8.54. The van der Waals surface area contributed by atoms with Gasteiger partial charge in [-0.3, -0.25) is 4.79 Å². The molecule has 4 rings (SSSR count). The largest absolute Gasteiger partial charge is 0.497 e. The molecule has 2 aliphatic rings. The highest BCUT2D eigenvalue weighted by Crippen LogP contribution is 2.34. The van der Waals surface area contributed by atoms with E-state index in [1.165, 1.54) is 0 Å². The minimum atomic E-state index is 0.158. The number of hydrogen-bond donors (Lipinski definition) is 0. The van der Waals surface area contributed by atoms with Crippen LogP contribution in [0, 0.1) is 0 Å². The van der Waals surface area contributed by atoms with Gasteiger partial charge in [-0.2, -0.15) is 0 Å². The quantitative estimate of drug-likeness (QED) is 0.811. The fourth-order valence-corrected chi connectivity index (χ4v) is 3.06. The van der Waals surface area contributed by atoms with Crippen LogP contribution in [0.5, 0.6) is 17.2 Å². The highest BCUT2D eigenvalue weighted by molar-refractivity contribution is 5.79. The van der Waals surface area contributed by atoms with Gasteiger partial charge in [-0.15, -0.1) is 0 Å². The van der Waals surface area contributed by atoms with Crippen LogP contribution in [0.25, 0.3) is 0 Å². The molecule has 130 valence electrons. The van der Waals surface area contributed by atoms with Gasteiger partial charge in [0.15, 0.2) is 11.5 Å². The molecule has 0 saturated heterocycles. The lowest BCUT2D eigenvalue weighted by atomic mass is 10.1. The first-order valence-electron chi connectivity index (χ1n) is 8.54. The molecular formula is C20H21NO4. The summed E-state index contributed by atoms with van der Waals surface area (Å²) in [7, 11) is 1.64. The maximum Gasteiger partial charge on any atom is 0.231 e. The summed E-state index contributed by atoms with van der Waals surface area (Å²) < 4.78 is 16.0. The minimum Gasteiger partial charge on any atom is -0.497 e. The van der Waals surface area contributed by atoms with E-state index < -0.39 is 0 Å². The summed E-state index contributed by atoms with van der Waals surface area (Å²) in [6, 6.07) is 13.9. The summed E-state index contributed by atoms with van der Waals surface area (Å²) in [5.41, 5.74) is 2.07. The van der Waals surface area contributed by atoms with Crippen molar-refractivity contribution in [2.75, 3.05) is 13.9 Å². The van der Waals surface area contributed by atoms with E-state index in [2.05, 4.69) is 0 Å².